The summed E-state index contributed by atoms with van der Waals surface area (Å²) in [5.41, 5.74) is 0.326. The lowest BCUT2D eigenvalue weighted by Crippen LogP contribution is -2.22. The molecule has 21 heavy (non-hydrogen) atoms. The van der Waals surface area contributed by atoms with Crippen LogP contribution in [0.1, 0.15) is 43.0 Å². The third kappa shape index (κ3) is 1.64. The molecule has 0 saturated carbocycles. The van der Waals surface area contributed by atoms with Crippen molar-refractivity contribution in [2.75, 3.05) is 0 Å². The number of fused-ring (bicyclic) bond motifs is 2. The monoisotopic (exact) mass is 284 g/mol. The van der Waals surface area contributed by atoms with Crippen LogP contribution >= 0.6 is 0 Å². The molecule has 0 heterocycles. The van der Waals surface area contributed by atoms with E-state index < -0.39 is 11.6 Å². The van der Waals surface area contributed by atoms with Crippen molar-refractivity contribution in [3.63, 3.8) is 0 Å². The summed E-state index contributed by atoms with van der Waals surface area (Å²) in [5, 5.41) is 30.0. The zero-order valence-corrected chi connectivity index (χ0v) is 11.4. The number of ketones is 2. The van der Waals surface area contributed by atoms with E-state index in [2.05, 4.69) is 0 Å². The third-order valence-electron chi connectivity index (χ3n) is 3.66. The van der Waals surface area contributed by atoms with Crippen molar-refractivity contribution >= 4 is 11.6 Å². The predicted molar refractivity (Wildman–Crippen MR) is 74.2 cm³/mol. The normalized spacial score (nSPS) is 13.0. The van der Waals surface area contributed by atoms with Crippen LogP contribution in [0.2, 0.25) is 0 Å². The molecule has 5 nitrogen and oxygen atoms in total. The van der Waals surface area contributed by atoms with E-state index in [1.54, 1.807) is 6.92 Å². The molecule has 0 radical (unpaired) electrons. The summed E-state index contributed by atoms with van der Waals surface area (Å²) in [6.07, 6.45) is 0. The second kappa shape index (κ2) is 4.09. The summed E-state index contributed by atoms with van der Waals surface area (Å²) in [6.45, 7) is 3.21. The van der Waals surface area contributed by atoms with Crippen molar-refractivity contribution in [2.24, 2.45) is 0 Å². The van der Waals surface area contributed by atoms with E-state index in [1.165, 1.54) is 25.1 Å². The van der Waals surface area contributed by atoms with Crippen LogP contribution in [-0.2, 0) is 0 Å². The first-order valence-electron chi connectivity index (χ1n) is 6.31. The maximum atomic E-state index is 12.5. The van der Waals surface area contributed by atoms with Crippen LogP contribution in [0.15, 0.2) is 18.2 Å². The Morgan fingerprint density at radius 1 is 0.762 bits per heavy atom. The van der Waals surface area contributed by atoms with Gasteiger partial charge >= 0.3 is 0 Å². The Balaban J connectivity index is 2.44. The van der Waals surface area contributed by atoms with E-state index in [1.807, 2.05) is 0 Å². The molecule has 3 rings (SSSR count). The number of phenolic OH excluding ortho intramolecular Hbond substituents is 3. The molecule has 106 valence electrons. The Labute approximate surface area is 120 Å². The number of aryl methyl sites for hydroxylation is 2. The Morgan fingerprint density at radius 2 is 1.38 bits per heavy atom. The fourth-order valence-corrected chi connectivity index (χ4v) is 2.68. The minimum Gasteiger partial charge on any atom is -0.507 e. The van der Waals surface area contributed by atoms with Gasteiger partial charge in [-0.3, -0.25) is 9.59 Å². The third-order valence-corrected chi connectivity index (χ3v) is 3.66. The van der Waals surface area contributed by atoms with Crippen LogP contribution < -0.4 is 0 Å². The first kappa shape index (κ1) is 13.2. The first-order chi connectivity index (χ1) is 9.82. The molecule has 0 fully saturated rings. The minimum absolute atomic E-state index is 0.0327. The molecule has 0 atom stereocenters. The molecule has 0 saturated heterocycles. The number of benzene rings is 2. The standard InChI is InChI=1S/C16H12O5/c1-6-3-8-11(9(17)4-6)16(21)12-10(18)5-7(2)14(19)13(12)15(8)20/h3-5,17-19H,1-2H3. The van der Waals surface area contributed by atoms with Crippen LogP contribution in [0.3, 0.4) is 0 Å². The van der Waals surface area contributed by atoms with Gasteiger partial charge in [0, 0.05) is 5.56 Å². The second-order valence-electron chi connectivity index (χ2n) is 5.18. The molecule has 2 aromatic rings. The maximum Gasteiger partial charge on any atom is 0.202 e. The van der Waals surface area contributed by atoms with Crippen LogP contribution in [0.25, 0.3) is 0 Å². The quantitative estimate of drug-likeness (QED) is 0.550. The van der Waals surface area contributed by atoms with E-state index >= 15 is 0 Å². The van der Waals surface area contributed by atoms with Gasteiger partial charge < -0.3 is 15.3 Å². The van der Waals surface area contributed by atoms with E-state index in [0.717, 1.165) is 0 Å². The molecule has 0 aromatic heterocycles. The van der Waals surface area contributed by atoms with Crippen molar-refractivity contribution in [2.45, 2.75) is 13.8 Å². The van der Waals surface area contributed by atoms with Gasteiger partial charge in [-0.05, 0) is 43.2 Å². The number of phenols is 3. The highest BCUT2D eigenvalue weighted by molar-refractivity contribution is 6.31. The maximum absolute atomic E-state index is 12.5. The van der Waals surface area contributed by atoms with Gasteiger partial charge in [0.15, 0.2) is 5.78 Å². The molecule has 0 amide bonds. The second-order valence-corrected chi connectivity index (χ2v) is 5.18. The molecule has 5 heteroatoms. The molecule has 3 N–H and O–H groups in total. The van der Waals surface area contributed by atoms with Crippen molar-refractivity contribution < 1.29 is 24.9 Å². The number of rotatable bonds is 0. The lowest BCUT2D eigenvalue weighted by molar-refractivity contribution is 0.0971. The highest BCUT2D eigenvalue weighted by atomic mass is 16.3. The van der Waals surface area contributed by atoms with Crippen molar-refractivity contribution in [1.29, 1.82) is 0 Å². The first-order valence-corrected chi connectivity index (χ1v) is 6.31. The molecule has 2 aromatic carbocycles. The Morgan fingerprint density at radius 3 is 2.05 bits per heavy atom. The van der Waals surface area contributed by atoms with Crippen molar-refractivity contribution in [3.05, 3.63) is 51.6 Å². The summed E-state index contributed by atoms with van der Waals surface area (Å²) in [5.74, 6) is -2.29. The van der Waals surface area contributed by atoms with E-state index in [0.29, 0.717) is 11.1 Å². The van der Waals surface area contributed by atoms with E-state index in [4.69, 9.17) is 0 Å². The van der Waals surface area contributed by atoms with Crippen LogP contribution in [0, 0.1) is 13.8 Å². The van der Waals surface area contributed by atoms with Gasteiger partial charge in [-0.15, -0.1) is 0 Å². The Bertz CT molecular complexity index is 833. The molecular formula is C16H12O5. The summed E-state index contributed by atoms with van der Waals surface area (Å²) >= 11 is 0. The smallest absolute Gasteiger partial charge is 0.202 e. The minimum atomic E-state index is -0.676. The SMILES string of the molecule is Cc1cc(O)c2c(c1)C(=O)c1c(O)c(C)cc(O)c1C2=O. The topological polar surface area (TPSA) is 94.8 Å². The number of hydrogen-bond donors (Lipinski definition) is 3. The lowest BCUT2D eigenvalue weighted by Gasteiger charge is -2.21. The average Bonchev–Trinajstić information content (AvgIpc) is 2.39. The zero-order chi connectivity index (χ0) is 15.5. The zero-order valence-electron chi connectivity index (χ0n) is 11.4. The number of aromatic hydroxyl groups is 3. The molecule has 0 bridgehead atoms. The molecule has 1 aliphatic carbocycles. The number of carbonyl (C=O) groups is 2. The summed E-state index contributed by atoms with van der Waals surface area (Å²) < 4.78 is 0. The number of hydrogen-bond acceptors (Lipinski definition) is 5. The Kier molecular flexibility index (Phi) is 2.56. The van der Waals surface area contributed by atoms with Gasteiger partial charge in [0.1, 0.15) is 17.2 Å². The molecular weight excluding hydrogens is 272 g/mol. The summed E-state index contributed by atoms with van der Waals surface area (Å²) in [4.78, 5) is 25.0. The van der Waals surface area contributed by atoms with Crippen molar-refractivity contribution in [1.82, 2.24) is 0 Å². The highest BCUT2D eigenvalue weighted by Crippen LogP contribution is 2.42. The predicted octanol–water partition coefficient (Wildman–Crippen LogP) is 2.20. The van der Waals surface area contributed by atoms with E-state index in [9.17, 15) is 24.9 Å². The van der Waals surface area contributed by atoms with Crippen LogP contribution in [0.5, 0.6) is 17.2 Å². The molecule has 0 spiro atoms. The van der Waals surface area contributed by atoms with Gasteiger partial charge in [0.25, 0.3) is 0 Å². The molecule has 0 unspecified atom stereocenters. The molecule has 1 aliphatic rings. The summed E-state index contributed by atoms with van der Waals surface area (Å²) in [7, 11) is 0. The van der Waals surface area contributed by atoms with Crippen molar-refractivity contribution in [3.8, 4) is 17.2 Å². The van der Waals surface area contributed by atoms with E-state index in [-0.39, 0.29) is 39.5 Å². The summed E-state index contributed by atoms with van der Waals surface area (Å²) in [6, 6.07) is 4.08. The van der Waals surface area contributed by atoms with Gasteiger partial charge in [-0.25, -0.2) is 0 Å². The number of carbonyl (C=O) groups excluding carboxylic acids is 2. The molecule has 0 aliphatic heterocycles. The highest BCUT2D eigenvalue weighted by Gasteiger charge is 2.37. The average molecular weight is 284 g/mol. The fraction of sp³-hybridized carbons (Fsp3) is 0.125. The van der Waals surface area contributed by atoms with Gasteiger partial charge in [-0.2, -0.15) is 0 Å². The van der Waals surface area contributed by atoms with Gasteiger partial charge in [0.2, 0.25) is 5.78 Å². The largest absolute Gasteiger partial charge is 0.507 e. The van der Waals surface area contributed by atoms with Crippen LogP contribution in [0.4, 0.5) is 0 Å². The van der Waals surface area contributed by atoms with Crippen LogP contribution in [-0.4, -0.2) is 26.9 Å². The lowest BCUT2D eigenvalue weighted by atomic mass is 9.81. The Hall–Kier alpha value is -2.82. The van der Waals surface area contributed by atoms with Gasteiger partial charge in [0.05, 0.1) is 16.7 Å². The fourth-order valence-electron chi connectivity index (χ4n) is 2.68. The van der Waals surface area contributed by atoms with Gasteiger partial charge in [-0.1, -0.05) is 0 Å².